The van der Waals surface area contributed by atoms with Crippen LogP contribution in [0.25, 0.3) is 14.5 Å². The zero-order valence-corrected chi connectivity index (χ0v) is 26.4. The third-order valence-corrected chi connectivity index (χ3v) is 6.82. The molecule has 14 heteroatoms. The van der Waals surface area contributed by atoms with Crippen molar-refractivity contribution in [3.63, 3.8) is 0 Å². The van der Waals surface area contributed by atoms with Crippen LogP contribution in [0.3, 0.4) is 0 Å². The van der Waals surface area contributed by atoms with E-state index in [1.54, 1.807) is 36.4 Å². The maximum Gasteiger partial charge on any atom is 0.493 e. The predicted molar refractivity (Wildman–Crippen MR) is 173 cm³/mol. The summed E-state index contributed by atoms with van der Waals surface area (Å²) in [6.45, 7) is 28.4. The molecular weight excluding hydrogens is 645 g/mol. The van der Waals surface area contributed by atoms with Gasteiger partial charge in [0.15, 0.2) is 17.1 Å². The first-order valence-corrected chi connectivity index (χ1v) is 13.2. The molecule has 1 saturated heterocycles. The fourth-order valence-electron chi connectivity index (χ4n) is 3.50. The minimum absolute atomic E-state index is 0. The molecular formula is C30H24B2BrClN6O4. The minimum atomic E-state index is -1.64. The molecule has 1 aliphatic heterocycles. The Kier molecular flexibility index (Phi) is 13.8. The largest absolute Gasteiger partial charge is 0.493 e. The Labute approximate surface area is 272 Å². The lowest BCUT2D eigenvalue weighted by Gasteiger charge is -2.32. The van der Waals surface area contributed by atoms with Crippen molar-refractivity contribution in [3.05, 3.63) is 110 Å². The first-order chi connectivity index (χ1) is 20.2. The van der Waals surface area contributed by atoms with E-state index in [1.807, 2.05) is 39.8 Å². The molecule has 0 atom stereocenters. The summed E-state index contributed by atoms with van der Waals surface area (Å²) >= 11 is 3.20. The number of nitrogens with zero attached hydrogens (tertiary/aromatic N) is 6. The Morgan fingerprint density at radius 2 is 1.11 bits per heavy atom. The Morgan fingerprint density at radius 1 is 0.705 bits per heavy atom. The zero-order chi connectivity index (χ0) is 32.4. The van der Waals surface area contributed by atoms with Crippen molar-refractivity contribution >= 4 is 70.6 Å². The van der Waals surface area contributed by atoms with Gasteiger partial charge in [-0.3, -0.25) is 0 Å². The molecule has 218 valence electrons. The van der Waals surface area contributed by atoms with Crippen molar-refractivity contribution < 1.29 is 19.4 Å². The normalized spacial score (nSPS) is 13.2. The monoisotopic (exact) mass is 668 g/mol. The van der Waals surface area contributed by atoms with Gasteiger partial charge in [-0.2, -0.15) is 15.8 Å². The molecule has 0 radical (unpaired) electrons. The maximum atomic E-state index is 9.00. The summed E-state index contributed by atoms with van der Waals surface area (Å²) in [5, 5.41) is 43.7. The molecule has 0 saturated carbocycles. The van der Waals surface area contributed by atoms with Crippen LogP contribution in [-0.2, 0) is 9.31 Å². The molecule has 2 N–H and O–H groups in total. The van der Waals surface area contributed by atoms with Gasteiger partial charge in [-0.15, -0.1) is 12.4 Å². The molecule has 44 heavy (non-hydrogen) atoms. The molecule has 0 amide bonds. The highest BCUT2D eigenvalue weighted by atomic mass is 79.9. The van der Waals surface area contributed by atoms with Crippen LogP contribution in [0.15, 0.2) is 59.1 Å². The third kappa shape index (κ3) is 9.97. The van der Waals surface area contributed by atoms with E-state index in [4.69, 9.17) is 54.9 Å². The van der Waals surface area contributed by atoms with Crippen LogP contribution >= 0.6 is 28.3 Å². The number of rotatable bonds is 2. The van der Waals surface area contributed by atoms with Crippen LogP contribution in [0.1, 0.15) is 44.4 Å². The second-order valence-electron chi connectivity index (χ2n) is 9.96. The SMILES string of the molecule is Cl.[C-]#[N+]c1cc(Br)cc(C#N)c1.[C-]#[N+]c1cc(C#N)cc(B(O)O)c1.[C-]#[N+]c1cc(C#N)cc(B2OC(C)(C)C(C)(C)O2)c1. The summed E-state index contributed by atoms with van der Waals surface area (Å²) < 4.78 is 12.6. The van der Waals surface area contributed by atoms with Crippen molar-refractivity contribution in [2.24, 2.45) is 0 Å². The minimum Gasteiger partial charge on any atom is -0.423 e. The Balaban J connectivity index is 0.000000342. The number of benzene rings is 3. The van der Waals surface area contributed by atoms with Crippen LogP contribution in [0.5, 0.6) is 0 Å². The standard InChI is InChI=1S/C14H15BN2O2.C8H5BN2O2.C8H3BrN2.ClH/c1-13(2)14(3,4)19-15(18-13)11-6-10(9-16)7-12(8-11)17-5;1-11-8-3-6(5-10)2-7(4-8)9(12)13;1-11-8-3-6(5-10)2-7(9)4-8;/h6-8H,1-4H3;2-4,12-13H;2-4H;1H. The maximum absolute atomic E-state index is 9.00. The fraction of sp³-hybridized carbons (Fsp3) is 0.200. The van der Waals surface area contributed by atoms with Gasteiger partial charge in [-0.25, -0.2) is 14.5 Å². The molecule has 3 aromatic carbocycles. The molecule has 1 fully saturated rings. The Hall–Kier alpha value is -4.66. The quantitative estimate of drug-likeness (QED) is 0.271. The molecule has 0 aromatic heterocycles. The summed E-state index contributed by atoms with van der Waals surface area (Å²) in [6.07, 6.45) is 0. The highest BCUT2D eigenvalue weighted by Crippen LogP contribution is 2.36. The van der Waals surface area contributed by atoms with Gasteiger partial charge in [0.2, 0.25) is 0 Å². The summed E-state index contributed by atoms with van der Waals surface area (Å²) in [7, 11) is -2.19. The van der Waals surface area contributed by atoms with Crippen LogP contribution in [0, 0.1) is 53.7 Å². The van der Waals surface area contributed by atoms with E-state index in [9.17, 15) is 0 Å². The Morgan fingerprint density at radius 3 is 1.55 bits per heavy atom. The number of halogens is 2. The van der Waals surface area contributed by atoms with Crippen molar-refractivity contribution in [3.8, 4) is 18.2 Å². The van der Waals surface area contributed by atoms with E-state index in [-0.39, 0.29) is 29.1 Å². The van der Waals surface area contributed by atoms with Gasteiger partial charge in [-0.1, -0.05) is 28.1 Å². The summed E-state index contributed by atoms with van der Waals surface area (Å²) in [4.78, 5) is 9.68. The molecule has 3 aromatic rings. The van der Waals surface area contributed by atoms with Crippen molar-refractivity contribution in [1.29, 1.82) is 15.8 Å². The molecule has 0 spiro atoms. The van der Waals surface area contributed by atoms with Gasteiger partial charge in [-0.05, 0) is 81.1 Å². The topological polar surface area (TPSA) is 143 Å². The van der Waals surface area contributed by atoms with Gasteiger partial charge in [0.05, 0.1) is 49.1 Å². The molecule has 0 unspecified atom stereocenters. The van der Waals surface area contributed by atoms with E-state index in [1.165, 1.54) is 18.2 Å². The number of nitriles is 3. The third-order valence-electron chi connectivity index (χ3n) is 6.36. The van der Waals surface area contributed by atoms with E-state index in [2.05, 4.69) is 36.5 Å². The van der Waals surface area contributed by atoms with Gasteiger partial charge in [0.1, 0.15) is 0 Å². The summed E-state index contributed by atoms with van der Waals surface area (Å²) in [6, 6.07) is 19.8. The Bertz CT molecular complexity index is 1660. The molecule has 1 aliphatic rings. The average Bonchev–Trinajstić information content (AvgIpc) is 3.22. The van der Waals surface area contributed by atoms with Crippen LogP contribution in [-0.4, -0.2) is 35.5 Å². The lowest BCUT2D eigenvalue weighted by atomic mass is 9.78. The fourth-order valence-corrected chi connectivity index (χ4v) is 3.98. The lowest BCUT2D eigenvalue weighted by molar-refractivity contribution is 0.00578. The summed E-state index contributed by atoms with van der Waals surface area (Å²) in [5.74, 6) is 0. The molecule has 4 rings (SSSR count). The zero-order valence-electron chi connectivity index (χ0n) is 24.0. The van der Waals surface area contributed by atoms with Gasteiger partial charge < -0.3 is 19.4 Å². The molecule has 1 heterocycles. The first-order valence-electron chi connectivity index (χ1n) is 12.4. The molecule has 0 aliphatic carbocycles. The number of hydrogen-bond donors (Lipinski definition) is 2. The van der Waals surface area contributed by atoms with Crippen LogP contribution < -0.4 is 10.9 Å². The highest BCUT2D eigenvalue weighted by molar-refractivity contribution is 9.10. The van der Waals surface area contributed by atoms with Crippen molar-refractivity contribution in [1.82, 2.24) is 0 Å². The van der Waals surface area contributed by atoms with Crippen LogP contribution in [0.2, 0.25) is 0 Å². The predicted octanol–water partition coefficient (Wildman–Crippen LogP) is 5.49. The smallest absolute Gasteiger partial charge is 0.423 e. The van der Waals surface area contributed by atoms with Gasteiger partial charge in [0.25, 0.3) is 0 Å². The van der Waals surface area contributed by atoms with E-state index >= 15 is 0 Å². The van der Waals surface area contributed by atoms with E-state index < -0.39 is 25.4 Å². The van der Waals surface area contributed by atoms with Crippen LogP contribution in [0.4, 0.5) is 17.1 Å². The van der Waals surface area contributed by atoms with Crippen molar-refractivity contribution in [2.45, 2.75) is 38.9 Å². The van der Waals surface area contributed by atoms with Gasteiger partial charge in [0, 0.05) is 21.2 Å². The van der Waals surface area contributed by atoms with E-state index in [0.717, 1.165) is 4.47 Å². The second-order valence-corrected chi connectivity index (χ2v) is 10.9. The molecule has 10 nitrogen and oxygen atoms in total. The van der Waals surface area contributed by atoms with Crippen molar-refractivity contribution in [2.75, 3.05) is 0 Å². The second kappa shape index (κ2) is 16.3. The first kappa shape index (κ1) is 37.4. The molecule has 0 bridgehead atoms. The average molecular weight is 670 g/mol. The van der Waals surface area contributed by atoms with E-state index in [0.29, 0.717) is 28.0 Å². The van der Waals surface area contributed by atoms with Gasteiger partial charge >= 0.3 is 14.2 Å². The number of hydrogen-bond acceptors (Lipinski definition) is 7. The lowest BCUT2D eigenvalue weighted by Crippen LogP contribution is -2.41. The highest BCUT2D eigenvalue weighted by Gasteiger charge is 2.51. The summed E-state index contributed by atoms with van der Waals surface area (Å²) in [5.41, 5.74) is 2.33.